The molecule has 0 bridgehead atoms. The molecule has 25 heavy (non-hydrogen) atoms. The maximum absolute atomic E-state index is 12.6. The molecule has 3 rings (SSSR count). The first-order valence-corrected chi connectivity index (χ1v) is 8.79. The maximum Gasteiger partial charge on any atom is 0.228 e. The number of rotatable bonds is 5. The van der Waals surface area contributed by atoms with E-state index in [-0.39, 0.29) is 17.9 Å². The lowest BCUT2D eigenvalue weighted by molar-refractivity contribution is -0.138. The van der Waals surface area contributed by atoms with Crippen molar-refractivity contribution in [3.8, 4) is 0 Å². The summed E-state index contributed by atoms with van der Waals surface area (Å²) in [7, 11) is 0. The standard InChI is InChI=1S/C17H26N6O2/c1-11(2)16-18-17(20-19-16)14-10-22(7-8-25-14)15(24)9-13-5-6-23(21-13)12(3)4/h5-6,11-12,14H,7-10H2,1-4H3,(H,18,19,20)/t14-/m0/s1. The Balaban J connectivity index is 1.62. The summed E-state index contributed by atoms with van der Waals surface area (Å²) < 4.78 is 7.64. The average molecular weight is 346 g/mol. The van der Waals surface area contributed by atoms with Crippen LogP contribution in [0.1, 0.15) is 63.1 Å². The van der Waals surface area contributed by atoms with E-state index in [1.807, 2.05) is 35.7 Å². The zero-order valence-electron chi connectivity index (χ0n) is 15.3. The van der Waals surface area contributed by atoms with E-state index in [4.69, 9.17) is 4.74 Å². The van der Waals surface area contributed by atoms with Gasteiger partial charge in [-0.2, -0.15) is 10.2 Å². The van der Waals surface area contributed by atoms with Crippen LogP contribution in [0.5, 0.6) is 0 Å². The van der Waals surface area contributed by atoms with Crippen molar-refractivity contribution in [1.82, 2.24) is 29.9 Å². The lowest BCUT2D eigenvalue weighted by Crippen LogP contribution is -2.43. The molecule has 1 N–H and O–H groups in total. The first-order chi connectivity index (χ1) is 11.9. The highest BCUT2D eigenvalue weighted by atomic mass is 16.5. The highest BCUT2D eigenvalue weighted by Crippen LogP contribution is 2.21. The third-order valence-corrected chi connectivity index (χ3v) is 4.29. The molecule has 1 aliphatic heterocycles. The Morgan fingerprint density at radius 2 is 2.20 bits per heavy atom. The molecule has 1 aliphatic rings. The van der Waals surface area contributed by atoms with Gasteiger partial charge in [-0.15, -0.1) is 0 Å². The monoisotopic (exact) mass is 346 g/mol. The van der Waals surface area contributed by atoms with Crippen LogP contribution in [0.25, 0.3) is 0 Å². The normalized spacial score (nSPS) is 18.3. The molecule has 3 heterocycles. The number of nitrogens with zero attached hydrogens (tertiary/aromatic N) is 5. The molecular formula is C17H26N6O2. The molecule has 0 aromatic carbocycles. The fourth-order valence-corrected chi connectivity index (χ4v) is 2.76. The second-order valence-electron chi connectivity index (χ2n) is 6.99. The van der Waals surface area contributed by atoms with Gasteiger partial charge in [-0.25, -0.2) is 4.98 Å². The summed E-state index contributed by atoms with van der Waals surface area (Å²) in [5.74, 6) is 1.76. The van der Waals surface area contributed by atoms with E-state index in [0.717, 1.165) is 11.5 Å². The number of carbonyl (C=O) groups excluding carboxylic acids is 1. The number of ether oxygens (including phenoxy) is 1. The van der Waals surface area contributed by atoms with Gasteiger partial charge in [-0.3, -0.25) is 14.6 Å². The molecule has 8 nitrogen and oxygen atoms in total. The van der Waals surface area contributed by atoms with Crippen molar-refractivity contribution in [3.05, 3.63) is 29.6 Å². The summed E-state index contributed by atoms with van der Waals surface area (Å²) in [6.07, 6.45) is 1.96. The van der Waals surface area contributed by atoms with Crippen molar-refractivity contribution in [2.24, 2.45) is 0 Å². The summed E-state index contributed by atoms with van der Waals surface area (Å²) in [5.41, 5.74) is 0.795. The van der Waals surface area contributed by atoms with Crippen LogP contribution in [-0.4, -0.2) is 55.5 Å². The van der Waals surface area contributed by atoms with Crippen molar-refractivity contribution in [1.29, 1.82) is 0 Å². The number of amides is 1. The fourth-order valence-electron chi connectivity index (χ4n) is 2.76. The van der Waals surface area contributed by atoms with Crippen LogP contribution in [0.15, 0.2) is 12.3 Å². The lowest BCUT2D eigenvalue weighted by Gasteiger charge is -2.31. The SMILES string of the molecule is CC(C)c1n[nH]c([C@@H]2CN(C(=O)Cc3ccn(C(C)C)n3)CCO2)n1. The number of aromatic nitrogens is 5. The fraction of sp³-hybridized carbons (Fsp3) is 0.647. The zero-order valence-corrected chi connectivity index (χ0v) is 15.3. The van der Waals surface area contributed by atoms with E-state index < -0.39 is 0 Å². The summed E-state index contributed by atoms with van der Waals surface area (Å²) in [4.78, 5) is 18.9. The zero-order chi connectivity index (χ0) is 18.0. The maximum atomic E-state index is 12.6. The van der Waals surface area contributed by atoms with Crippen molar-refractivity contribution in [2.75, 3.05) is 19.7 Å². The summed E-state index contributed by atoms with van der Waals surface area (Å²) in [5, 5.41) is 11.6. The summed E-state index contributed by atoms with van der Waals surface area (Å²) >= 11 is 0. The molecule has 0 radical (unpaired) electrons. The largest absolute Gasteiger partial charge is 0.367 e. The molecular weight excluding hydrogens is 320 g/mol. The molecule has 8 heteroatoms. The number of hydrogen-bond acceptors (Lipinski definition) is 5. The van der Waals surface area contributed by atoms with Gasteiger partial charge in [0.15, 0.2) is 11.6 Å². The Hall–Kier alpha value is -2.22. The quantitative estimate of drug-likeness (QED) is 0.892. The Labute approximate surface area is 147 Å². The molecule has 1 amide bonds. The van der Waals surface area contributed by atoms with Gasteiger partial charge in [0.25, 0.3) is 0 Å². The molecule has 2 aromatic heterocycles. The summed E-state index contributed by atoms with van der Waals surface area (Å²) in [6, 6.07) is 2.19. The topological polar surface area (TPSA) is 88.9 Å². The molecule has 0 saturated carbocycles. The first-order valence-electron chi connectivity index (χ1n) is 8.79. The van der Waals surface area contributed by atoms with E-state index in [1.54, 1.807) is 0 Å². The molecule has 0 unspecified atom stereocenters. The van der Waals surface area contributed by atoms with Gasteiger partial charge in [0, 0.05) is 24.7 Å². The Morgan fingerprint density at radius 3 is 2.84 bits per heavy atom. The highest BCUT2D eigenvalue weighted by Gasteiger charge is 2.28. The van der Waals surface area contributed by atoms with E-state index >= 15 is 0 Å². The first kappa shape index (κ1) is 17.6. The number of morpholine rings is 1. The van der Waals surface area contributed by atoms with Crippen molar-refractivity contribution in [3.63, 3.8) is 0 Å². The smallest absolute Gasteiger partial charge is 0.228 e. The van der Waals surface area contributed by atoms with Crippen LogP contribution in [0.3, 0.4) is 0 Å². The molecule has 2 aromatic rings. The van der Waals surface area contributed by atoms with Crippen LogP contribution in [0.2, 0.25) is 0 Å². The van der Waals surface area contributed by atoms with Crippen LogP contribution >= 0.6 is 0 Å². The molecule has 1 fully saturated rings. The van der Waals surface area contributed by atoms with Crippen LogP contribution < -0.4 is 0 Å². The number of nitrogens with one attached hydrogen (secondary N) is 1. The minimum Gasteiger partial charge on any atom is -0.367 e. The Kier molecular flexibility index (Phi) is 5.17. The van der Waals surface area contributed by atoms with Gasteiger partial charge >= 0.3 is 0 Å². The van der Waals surface area contributed by atoms with E-state index in [9.17, 15) is 4.79 Å². The predicted molar refractivity (Wildman–Crippen MR) is 92.1 cm³/mol. The van der Waals surface area contributed by atoms with Gasteiger partial charge in [0.2, 0.25) is 5.91 Å². The van der Waals surface area contributed by atoms with E-state index in [1.165, 1.54) is 0 Å². The third-order valence-electron chi connectivity index (χ3n) is 4.29. The van der Waals surface area contributed by atoms with Gasteiger partial charge in [-0.05, 0) is 19.9 Å². The molecule has 1 atom stereocenters. The van der Waals surface area contributed by atoms with Crippen molar-refractivity contribution >= 4 is 5.91 Å². The van der Waals surface area contributed by atoms with Crippen LogP contribution in [0.4, 0.5) is 0 Å². The summed E-state index contributed by atoms with van der Waals surface area (Å²) in [6.45, 7) is 9.78. The predicted octanol–water partition coefficient (Wildman–Crippen LogP) is 1.85. The molecule has 1 saturated heterocycles. The van der Waals surface area contributed by atoms with Gasteiger partial charge in [0.05, 0.1) is 25.3 Å². The molecule has 0 spiro atoms. The number of aromatic amines is 1. The Morgan fingerprint density at radius 1 is 1.40 bits per heavy atom. The minimum atomic E-state index is -0.258. The average Bonchev–Trinajstić information content (AvgIpc) is 3.24. The van der Waals surface area contributed by atoms with Crippen molar-refractivity contribution < 1.29 is 9.53 Å². The van der Waals surface area contributed by atoms with E-state index in [2.05, 4.69) is 34.1 Å². The second-order valence-corrected chi connectivity index (χ2v) is 6.99. The van der Waals surface area contributed by atoms with Gasteiger partial charge in [0.1, 0.15) is 6.10 Å². The van der Waals surface area contributed by atoms with Crippen molar-refractivity contribution in [2.45, 2.75) is 52.2 Å². The highest BCUT2D eigenvalue weighted by molar-refractivity contribution is 5.78. The number of hydrogen-bond donors (Lipinski definition) is 1. The molecule has 136 valence electrons. The number of carbonyl (C=O) groups is 1. The minimum absolute atomic E-state index is 0.0610. The Bertz CT molecular complexity index is 720. The lowest BCUT2D eigenvalue weighted by atomic mass is 10.2. The van der Waals surface area contributed by atoms with Crippen LogP contribution in [0, 0.1) is 0 Å². The number of H-pyrrole nitrogens is 1. The van der Waals surface area contributed by atoms with Crippen LogP contribution in [-0.2, 0) is 16.0 Å². The van der Waals surface area contributed by atoms with Gasteiger partial charge in [-0.1, -0.05) is 13.8 Å². The third kappa shape index (κ3) is 4.07. The molecule has 0 aliphatic carbocycles. The van der Waals surface area contributed by atoms with Gasteiger partial charge < -0.3 is 9.64 Å². The second kappa shape index (κ2) is 7.35. The van der Waals surface area contributed by atoms with E-state index in [0.29, 0.717) is 38.0 Å².